The Bertz CT molecular complexity index is 1170. The van der Waals surface area contributed by atoms with Crippen molar-refractivity contribution in [2.45, 2.75) is 175 Å². The van der Waals surface area contributed by atoms with Gasteiger partial charge in [0.2, 0.25) is 0 Å². The maximum atomic E-state index is 12.0. The number of esters is 3. The molecule has 3 N–H and O–H groups in total. The van der Waals surface area contributed by atoms with Crippen molar-refractivity contribution in [3.05, 3.63) is 35.4 Å². The first-order valence-electron chi connectivity index (χ1n) is 21.0. The molecule has 302 valence electrons. The van der Waals surface area contributed by atoms with Crippen molar-refractivity contribution in [3.8, 4) is 0 Å². The summed E-state index contributed by atoms with van der Waals surface area (Å²) < 4.78 is 16.0. The fourth-order valence-electron chi connectivity index (χ4n) is 7.87. The van der Waals surface area contributed by atoms with Crippen LogP contribution in [0.15, 0.2) is 24.3 Å². The molecular formula is C44H72O9. The third-order valence-corrected chi connectivity index (χ3v) is 11.9. The van der Waals surface area contributed by atoms with Gasteiger partial charge in [-0.2, -0.15) is 0 Å². The van der Waals surface area contributed by atoms with Gasteiger partial charge in [-0.25, -0.2) is 0 Å². The van der Waals surface area contributed by atoms with Gasteiger partial charge >= 0.3 is 17.9 Å². The largest absolute Gasteiger partial charge is 0.465 e. The van der Waals surface area contributed by atoms with Crippen LogP contribution in [0.1, 0.15) is 161 Å². The van der Waals surface area contributed by atoms with E-state index in [1.165, 1.54) is 31.2 Å². The monoisotopic (exact) mass is 745 g/mol. The van der Waals surface area contributed by atoms with Crippen LogP contribution in [0.5, 0.6) is 0 Å². The standard InChI is InChI=1S/C17H30O3.C17H24O3.C10H18O3/c2*1-12(2)14-5-3-13(4-6-14)11-20-17(19)15-7-9-16(18)10-8-15;1-2-7-13-10(12)8-3-5-9(11)6-4-8/h12-16,18H,3-11H2,1-2H3;3-6,12,15-16,18H,7-11H2,1-2H3;8-9,11H,2-7H2,1H3. The summed E-state index contributed by atoms with van der Waals surface area (Å²) >= 11 is 0. The molecule has 9 nitrogen and oxygen atoms in total. The molecule has 0 saturated heterocycles. The van der Waals surface area contributed by atoms with Gasteiger partial charge in [0.15, 0.2) is 0 Å². The summed E-state index contributed by atoms with van der Waals surface area (Å²) in [5.74, 6) is 2.55. The van der Waals surface area contributed by atoms with E-state index in [4.69, 9.17) is 14.2 Å². The van der Waals surface area contributed by atoms with Gasteiger partial charge in [-0.15, -0.1) is 0 Å². The molecule has 1 aromatic carbocycles. The van der Waals surface area contributed by atoms with E-state index in [9.17, 15) is 29.7 Å². The van der Waals surface area contributed by atoms with Crippen LogP contribution in [0.3, 0.4) is 0 Å². The molecule has 0 amide bonds. The van der Waals surface area contributed by atoms with E-state index in [0.29, 0.717) is 44.5 Å². The lowest BCUT2D eigenvalue weighted by atomic mass is 9.77. The molecule has 0 spiro atoms. The molecule has 53 heavy (non-hydrogen) atoms. The van der Waals surface area contributed by atoms with Crippen LogP contribution in [-0.2, 0) is 35.2 Å². The first kappa shape index (κ1) is 44.9. The molecule has 0 unspecified atom stereocenters. The number of carbonyl (C=O) groups is 3. The second kappa shape index (κ2) is 24.1. The fourth-order valence-corrected chi connectivity index (χ4v) is 7.87. The predicted molar refractivity (Wildman–Crippen MR) is 207 cm³/mol. The Morgan fingerprint density at radius 2 is 1.00 bits per heavy atom. The molecular weight excluding hydrogens is 672 g/mol. The molecule has 4 fully saturated rings. The molecule has 0 bridgehead atoms. The van der Waals surface area contributed by atoms with Gasteiger partial charge in [0.25, 0.3) is 0 Å². The zero-order chi connectivity index (χ0) is 38.8. The number of carbonyl (C=O) groups excluding carboxylic acids is 3. The summed E-state index contributed by atoms with van der Waals surface area (Å²) in [4.78, 5) is 35.3. The van der Waals surface area contributed by atoms with Crippen molar-refractivity contribution < 1.29 is 43.9 Å². The fraction of sp³-hybridized carbons (Fsp3) is 0.795. The number of aliphatic hydroxyl groups is 3. The second-order valence-electron chi connectivity index (χ2n) is 16.8. The summed E-state index contributed by atoms with van der Waals surface area (Å²) in [7, 11) is 0. The van der Waals surface area contributed by atoms with Crippen molar-refractivity contribution in [2.24, 2.45) is 35.5 Å². The minimum atomic E-state index is -0.234. The van der Waals surface area contributed by atoms with E-state index < -0.39 is 0 Å². The van der Waals surface area contributed by atoms with E-state index in [1.54, 1.807) is 0 Å². The van der Waals surface area contributed by atoms with Crippen molar-refractivity contribution >= 4 is 17.9 Å². The zero-order valence-corrected chi connectivity index (χ0v) is 33.5. The summed E-state index contributed by atoms with van der Waals surface area (Å²) in [5, 5.41) is 28.1. The van der Waals surface area contributed by atoms with Gasteiger partial charge < -0.3 is 29.5 Å². The number of rotatable bonds is 11. The summed E-state index contributed by atoms with van der Waals surface area (Å²) in [6.45, 7) is 12.4. The van der Waals surface area contributed by atoms with Gasteiger partial charge in [-0.05, 0) is 144 Å². The Hall–Kier alpha value is -2.49. The highest BCUT2D eigenvalue weighted by Gasteiger charge is 2.29. The smallest absolute Gasteiger partial charge is 0.309 e. The number of ether oxygens (including phenoxy) is 3. The maximum Gasteiger partial charge on any atom is 0.309 e. The second-order valence-corrected chi connectivity index (χ2v) is 16.8. The highest BCUT2D eigenvalue weighted by Crippen LogP contribution is 2.34. The van der Waals surface area contributed by atoms with E-state index in [2.05, 4.69) is 39.8 Å². The molecule has 1 aromatic rings. The van der Waals surface area contributed by atoms with E-state index in [0.717, 1.165) is 88.0 Å². The van der Waals surface area contributed by atoms with Crippen LogP contribution in [0.2, 0.25) is 0 Å². The minimum Gasteiger partial charge on any atom is -0.465 e. The molecule has 0 heterocycles. The number of hydrogen-bond donors (Lipinski definition) is 3. The van der Waals surface area contributed by atoms with Crippen LogP contribution in [-0.4, -0.2) is 64.8 Å². The lowest BCUT2D eigenvalue weighted by Crippen LogP contribution is -2.28. The topological polar surface area (TPSA) is 140 Å². The minimum absolute atomic E-state index is 0.0251. The lowest BCUT2D eigenvalue weighted by molar-refractivity contribution is -0.152. The summed E-state index contributed by atoms with van der Waals surface area (Å²) in [5.41, 5.74) is 2.32. The molecule has 5 rings (SSSR count). The lowest BCUT2D eigenvalue weighted by Gasteiger charge is -2.31. The average Bonchev–Trinajstić information content (AvgIpc) is 3.16. The number of benzene rings is 1. The Kier molecular flexibility index (Phi) is 20.4. The van der Waals surface area contributed by atoms with Gasteiger partial charge in [-0.3, -0.25) is 14.4 Å². The van der Waals surface area contributed by atoms with Crippen LogP contribution < -0.4 is 0 Å². The third kappa shape index (κ3) is 16.8. The highest BCUT2D eigenvalue weighted by molar-refractivity contribution is 5.73. The van der Waals surface area contributed by atoms with Crippen molar-refractivity contribution in [3.63, 3.8) is 0 Å². The Balaban J connectivity index is 0.000000220. The zero-order valence-electron chi connectivity index (χ0n) is 33.5. The predicted octanol–water partition coefficient (Wildman–Crippen LogP) is 8.44. The molecule has 0 atom stereocenters. The van der Waals surface area contributed by atoms with Gasteiger partial charge in [0, 0.05) is 0 Å². The normalized spacial score (nSPS) is 28.8. The van der Waals surface area contributed by atoms with Crippen LogP contribution >= 0.6 is 0 Å². The van der Waals surface area contributed by atoms with Gasteiger partial charge in [-0.1, -0.05) is 58.9 Å². The van der Waals surface area contributed by atoms with Crippen molar-refractivity contribution in [1.29, 1.82) is 0 Å². The van der Waals surface area contributed by atoms with Crippen LogP contribution in [0, 0.1) is 35.5 Å². The molecule has 4 saturated carbocycles. The Morgan fingerprint density at radius 1 is 0.585 bits per heavy atom. The van der Waals surface area contributed by atoms with Gasteiger partial charge in [0.05, 0.1) is 49.3 Å². The van der Waals surface area contributed by atoms with Gasteiger partial charge in [0.1, 0.15) is 6.61 Å². The number of hydrogen-bond acceptors (Lipinski definition) is 9. The third-order valence-electron chi connectivity index (χ3n) is 11.9. The van der Waals surface area contributed by atoms with Crippen LogP contribution in [0.25, 0.3) is 0 Å². The Morgan fingerprint density at radius 3 is 1.40 bits per heavy atom. The highest BCUT2D eigenvalue weighted by atomic mass is 16.5. The summed E-state index contributed by atoms with van der Waals surface area (Å²) in [6, 6.07) is 8.22. The SMILES string of the molecule is CC(C)C1CCC(COC(=O)C2CCC(O)CC2)CC1.CC(C)c1ccc(COC(=O)C2CCC(O)CC2)cc1.CCCOC(=O)C1CCC(O)CC1. The quantitative estimate of drug-likeness (QED) is 0.150. The first-order chi connectivity index (χ1) is 25.4. The van der Waals surface area contributed by atoms with E-state index >= 15 is 0 Å². The maximum absolute atomic E-state index is 12.0. The molecule has 4 aliphatic rings. The average molecular weight is 745 g/mol. The first-order valence-corrected chi connectivity index (χ1v) is 21.0. The van der Waals surface area contributed by atoms with E-state index in [-0.39, 0.29) is 54.0 Å². The molecule has 4 aliphatic carbocycles. The summed E-state index contributed by atoms with van der Waals surface area (Å²) in [6.07, 6.45) is 14.3. The Labute approximate surface area is 319 Å². The molecule has 0 aromatic heterocycles. The van der Waals surface area contributed by atoms with Crippen molar-refractivity contribution in [1.82, 2.24) is 0 Å². The molecule has 0 radical (unpaired) electrons. The van der Waals surface area contributed by atoms with E-state index in [1.807, 2.05) is 19.1 Å². The van der Waals surface area contributed by atoms with Crippen molar-refractivity contribution in [2.75, 3.05) is 13.2 Å². The van der Waals surface area contributed by atoms with Crippen LogP contribution in [0.4, 0.5) is 0 Å². The number of aliphatic hydroxyl groups excluding tert-OH is 3. The molecule has 9 heteroatoms. The molecule has 0 aliphatic heterocycles.